The second-order valence-electron chi connectivity index (χ2n) is 5.45. The van der Waals surface area contributed by atoms with E-state index in [2.05, 4.69) is 10.5 Å². The van der Waals surface area contributed by atoms with Gasteiger partial charge in [0.25, 0.3) is 5.91 Å². The number of benzene rings is 2. The average Bonchev–Trinajstić information content (AvgIpc) is 3.05. The molecule has 114 valence electrons. The number of anilines is 1. The SMILES string of the molecule is CO/N=C1/C(=C2/C(=O)Nc3ccc(Cl)cc32)Cc2ccccc21. The van der Waals surface area contributed by atoms with E-state index in [9.17, 15) is 4.79 Å². The van der Waals surface area contributed by atoms with E-state index in [1.165, 1.54) is 7.11 Å². The van der Waals surface area contributed by atoms with Crippen molar-refractivity contribution in [1.82, 2.24) is 0 Å². The van der Waals surface area contributed by atoms with E-state index in [0.717, 1.165) is 28.0 Å². The lowest BCUT2D eigenvalue weighted by Gasteiger charge is -2.05. The van der Waals surface area contributed by atoms with Crippen molar-refractivity contribution in [3.63, 3.8) is 0 Å². The van der Waals surface area contributed by atoms with Crippen LogP contribution in [-0.4, -0.2) is 18.7 Å². The largest absolute Gasteiger partial charge is 0.399 e. The predicted molar refractivity (Wildman–Crippen MR) is 90.7 cm³/mol. The van der Waals surface area contributed by atoms with Crippen LogP contribution in [0.25, 0.3) is 5.57 Å². The fourth-order valence-corrected chi connectivity index (χ4v) is 3.36. The minimum Gasteiger partial charge on any atom is -0.399 e. The molecule has 0 bridgehead atoms. The first-order chi connectivity index (χ1) is 11.2. The van der Waals surface area contributed by atoms with E-state index in [0.29, 0.717) is 22.7 Å². The highest BCUT2D eigenvalue weighted by Gasteiger charge is 2.33. The summed E-state index contributed by atoms with van der Waals surface area (Å²) < 4.78 is 0. The molecule has 1 amide bonds. The molecule has 0 saturated carbocycles. The minimum absolute atomic E-state index is 0.131. The number of oxime groups is 1. The van der Waals surface area contributed by atoms with E-state index in [1.807, 2.05) is 36.4 Å². The monoisotopic (exact) mass is 324 g/mol. The molecule has 0 unspecified atom stereocenters. The number of hydrogen-bond acceptors (Lipinski definition) is 3. The van der Waals surface area contributed by atoms with Gasteiger partial charge < -0.3 is 10.2 Å². The molecular weight excluding hydrogens is 312 g/mol. The summed E-state index contributed by atoms with van der Waals surface area (Å²) in [6.07, 6.45) is 0.646. The molecular formula is C18H13ClN2O2. The van der Waals surface area contributed by atoms with Crippen molar-refractivity contribution in [3.05, 3.63) is 69.8 Å². The summed E-state index contributed by atoms with van der Waals surface area (Å²) in [5, 5.41) is 7.65. The van der Waals surface area contributed by atoms with Crippen LogP contribution in [0.15, 0.2) is 53.2 Å². The van der Waals surface area contributed by atoms with Crippen LogP contribution in [0.3, 0.4) is 0 Å². The van der Waals surface area contributed by atoms with Crippen molar-refractivity contribution in [1.29, 1.82) is 0 Å². The molecule has 1 aliphatic heterocycles. The number of nitrogens with one attached hydrogen (secondary N) is 1. The number of halogens is 1. The maximum Gasteiger partial charge on any atom is 0.256 e. The molecule has 2 aromatic rings. The molecule has 1 N–H and O–H groups in total. The number of nitrogens with zero attached hydrogens (tertiary/aromatic N) is 1. The first-order valence-electron chi connectivity index (χ1n) is 7.23. The summed E-state index contributed by atoms with van der Waals surface area (Å²) >= 11 is 6.11. The average molecular weight is 325 g/mol. The van der Waals surface area contributed by atoms with Crippen LogP contribution in [0.1, 0.15) is 16.7 Å². The maximum atomic E-state index is 12.5. The zero-order valence-electron chi connectivity index (χ0n) is 12.4. The van der Waals surface area contributed by atoms with E-state index < -0.39 is 0 Å². The quantitative estimate of drug-likeness (QED) is 0.643. The van der Waals surface area contributed by atoms with E-state index in [1.54, 1.807) is 6.07 Å². The number of rotatable bonds is 1. The topological polar surface area (TPSA) is 50.7 Å². The number of carbonyl (C=O) groups is 1. The Balaban J connectivity index is 1.97. The lowest BCUT2D eigenvalue weighted by atomic mass is 9.98. The predicted octanol–water partition coefficient (Wildman–Crippen LogP) is 3.65. The molecule has 2 aliphatic rings. The highest BCUT2D eigenvalue weighted by Crippen LogP contribution is 2.40. The summed E-state index contributed by atoms with van der Waals surface area (Å²) in [6, 6.07) is 13.4. The van der Waals surface area contributed by atoms with Gasteiger partial charge in [0, 0.05) is 28.3 Å². The summed E-state index contributed by atoms with van der Waals surface area (Å²) in [7, 11) is 1.51. The van der Waals surface area contributed by atoms with E-state index in [4.69, 9.17) is 16.4 Å². The molecule has 1 aliphatic carbocycles. The smallest absolute Gasteiger partial charge is 0.256 e. The first-order valence-corrected chi connectivity index (χ1v) is 7.61. The van der Waals surface area contributed by atoms with Crippen LogP contribution in [-0.2, 0) is 16.1 Å². The number of fused-ring (bicyclic) bond motifs is 2. The van der Waals surface area contributed by atoms with Gasteiger partial charge in [-0.25, -0.2) is 0 Å². The van der Waals surface area contributed by atoms with Crippen molar-refractivity contribution in [2.24, 2.45) is 5.16 Å². The molecule has 0 saturated heterocycles. The molecule has 4 nitrogen and oxygen atoms in total. The van der Waals surface area contributed by atoms with Crippen LogP contribution in [0.5, 0.6) is 0 Å². The Hall–Kier alpha value is -2.59. The fourth-order valence-electron chi connectivity index (χ4n) is 3.18. The molecule has 0 radical (unpaired) electrons. The Morgan fingerprint density at radius 3 is 2.83 bits per heavy atom. The third kappa shape index (κ3) is 2.14. The number of amides is 1. The van der Waals surface area contributed by atoms with Gasteiger partial charge in [0.05, 0.1) is 5.57 Å². The Bertz CT molecular complexity index is 900. The highest BCUT2D eigenvalue weighted by atomic mass is 35.5. The summed E-state index contributed by atoms with van der Waals surface area (Å²) in [6.45, 7) is 0. The Morgan fingerprint density at radius 2 is 2.00 bits per heavy atom. The van der Waals surface area contributed by atoms with Gasteiger partial charge in [-0.15, -0.1) is 0 Å². The Labute approximate surface area is 138 Å². The van der Waals surface area contributed by atoms with Crippen molar-refractivity contribution in [2.75, 3.05) is 12.4 Å². The van der Waals surface area contributed by atoms with Crippen LogP contribution >= 0.6 is 11.6 Å². The molecule has 0 fully saturated rings. The maximum absolute atomic E-state index is 12.5. The molecule has 1 heterocycles. The highest BCUT2D eigenvalue weighted by molar-refractivity contribution is 6.39. The molecule has 2 aromatic carbocycles. The van der Waals surface area contributed by atoms with Gasteiger partial charge in [-0.1, -0.05) is 41.0 Å². The lowest BCUT2D eigenvalue weighted by Crippen LogP contribution is -2.10. The zero-order chi connectivity index (χ0) is 16.0. The van der Waals surface area contributed by atoms with Crippen LogP contribution < -0.4 is 5.32 Å². The van der Waals surface area contributed by atoms with Crippen molar-refractivity contribution in [3.8, 4) is 0 Å². The number of carbonyl (C=O) groups excluding carboxylic acids is 1. The van der Waals surface area contributed by atoms with Crippen molar-refractivity contribution >= 4 is 34.5 Å². The van der Waals surface area contributed by atoms with Crippen LogP contribution in [0.4, 0.5) is 5.69 Å². The lowest BCUT2D eigenvalue weighted by molar-refractivity contribution is -0.110. The molecule has 0 aromatic heterocycles. The second kappa shape index (κ2) is 5.25. The molecule has 23 heavy (non-hydrogen) atoms. The summed E-state index contributed by atoms with van der Waals surface area (Å²) in [5.41, 5.74) is 5.92. The molecule has 4 rings (SSSR count). The van der Waals surface area contributed by atoms with Crippen molar-refractivity contribution in [2.45, 2.75) is 6.42 Å². The van der Waals surface area contributed by atoms with Gasteiger partial charge >= 0.3 is 0 Å². The van der Waals surface area contributed by atoms with Gasteiger partial charge in [0.2, 0.25) is 0 Å². The fraction of sp³-hybridized carbons (Fsp3) is 0.111. The Morgan fingerprint density at radius 1 is 1.17 bits per heavy atom. The third-order valence-electron chi connectivity index (χ3n) is 4.14. The first kappa shape index (κ1) is 14.0. The van der Waals surface area contributed by atoms with Gasteiger partial charge in [0.1, 0.15) is 12.8 Å². The molecule has 5 heteroatoms. The standard InChI is InChI=1S/C18H13ClN2O2/c1-23-21-17-12-5-3-2-4-10(12)8-14(17)16-13-9-11(19)6-7-15(13)20-18(16)22/h2-7,9H,8H2,1H3,(H,20,22)/b16-14+,21-17+. The van der Waals surface area contributed by atoms with Gasteiger partial charge in [-0.2, -0.15) is 0 Å². The van der Waals surface area contributed by atoms with Gasteiger partial charge in [-0.3, -0.25) is 4.79 Å². The number of hydrogen-bond donors (Lipinski definition) is 1. The normalized spacial score (nSPS) is 20.4. The summed E-state index contributed by atoms with van der Waals surface area (Å²) in [4.78, 5) is 17.5. The van der Waals surface area contributed by atoms with Gasteiger partial charge in [0.15, 0.2) is 0 Å². The zero-order valence-corrected chi connectivity index (χ0v) is 13.1. The molecule has 0 atom stereocenters. The van der Waals surface area contributed by atoms with Crippen LogP contribution in [0.2, 0.25) is 5.02 Å². The van der Waals surface area contributed by atoms with Gasteiger partial charge in [-0.05, 0) is 29.3 Å². The third-order valence-corrected chi connectivity index (χ3v) is 4.37. The Kier molecular flexibility index (Phi) is 3.20. The van der Waals surface area contributed by atoms with E-state index in [-0.39, 0.29) is 5.91 Å². The minimum atomic E-state index is -0.131. The summed E-state index contributed by atoms with van der Waals surface area (Å²) in [5.74, 6) is -0.131. The second-order valence-corrected chi connectivity index (χ2v) is 5.89. The van der Waals surface area contributed by atoms with Crippen LogP contribution in [0, 0.1) is 0 Å². The number of allylic oxidation sites excluding steroid dienone is 1. The molecule has 0 spiro atoms. The van der Waals surface area contributed by atoms with Crippen molar-refractivity contribution < 1.29 is 9.63 Å². The van der Waals surface area contributed by atoms with E-state index >= 15 is 0 Å².